The van der Waals surface area contributed by atoms with Gasteiger partial charge in [-0.25, -0.2) is 0 Å². The maximum absolute atomic E-state index is 6.08. The Morgan fingerprint density at radius 1 is 1.00 bits per heavy atom. The van der Waals surface area contributed by atoms with E-state index in [1.165, 1.54) is 0 Å². The van der Waals surface area contributed by atoms with Crippen LogP contribution in [0.3, 0.4) is 0 Å². The molecule has 0 aliphatic carbocycles. The van der Waals surface area contributed by atoms with Crippen LogP contribution in [0.2, 0.25) is 0 Å². The van der Waals surface area contributed by atoms with Crippen LogP contribution in [0.25, 0.3) is 5.76 Å². The SMILES string of the molecule is CCOc1ccccc1OC(=CCNC)c1ccccc1. The summed E-state index contributed by atoms with van der Waals surface area (Å²) in [7, 11) is 1.91. The second kappa shape index (κ2) is 8.12. The van der Waals surface area contributed by atoms with Crippen molar-refractivity contribution in [1.29, 1.82) is 0 Å². The molecule has 3 heteroatoms. The van der Waals surface area contributed by atoms with E-state index in [0.717, 1.165) is 29.4 Å². The Labute approximate surface area is 126 Å². The van der Waals surface area contributed by atoms with Gasteiger partial charge >= 0.3 is 0 Å². The van der Waals surface area contributed by atoms with Gasteiger partial charge in [0.05, 0.1) is 6.61 Å². The molecule has 0 aliphatic rings. The van der Waals surface area contributed by atoms with E-state index in [9.17, 15) is 0 Å². The number of hydrogen-bond acceptors (Lipinski definition) is 3. The first-order valence-corrected chi connectivity index (χ1v) is 7.15. The lowest BCUT2D eigenvalue weighted by Crippen LogP contribution is -2.07. The number of hydrogen-bond donors (Lipinski definition) is 1. The molecule has 1 N–H and O–H groups in total. The van der Waals surface area contributed by atoms with Gasteiger partial charge in [-0.15, -0.1) is 0 Å². The van der Waals surface area contributed by atoms with Gasteiger partial charge in [0.25, 0.3) is 0 Å². The third-order valence-electron chi connectivity index (χ3n) is 2.92. The number of ether oxygens (including phenoxy) is 2. The van der Waals surface area contributed by atoms with Gasteiger partial charge in [0.1, 0.15) is 5.76 Å². The Balaban J connectivity index is 2.28. The molecule has 0 saturated carbocycles. The molecule has 0 saturated heterocycles. The maximum atomic E-state index is 6.08. The van der Waals surface area contributed by atoms with Crippen molar-refractivity contribution in [2.75, 3.05) is 20.2 Å². The minimum Gasteiger partial charge on any atom is -0.490 e. The Hall–Kier alpha value is -2.26. The van der Waals surface area contributed by atoms with E-state index in [1.807, 2.05) is 74.6 Å². The monoisotopic (exact) mass is 283 g/mol. The van der Waals surface area contributed by atoms with Crippen molar-refractivity contribution in [3.05, 3.63) is 66.2 Å². The smallest absolute Gasteiger partial charge is 0.169 e. The number of nitrogens with one attached hydrogen (secondary N) is 1. The molecule has 2 aromatic rings. The molecule has 0 unspecified atom stereocenters. The summed E-state index contributed by atoms with van der Waals surface area (Å²) in [5.74, 6) is 2.30. The Kier molecular flexibility index (Phi) is 5.85. The summed E-state index contributed by atoms with van der Waals surface area (Å²) < 4.78 is 11.7. The van der Waals surface area contributed by atoms with Crippen molar-refractivity contribution < 1.29 is 9.47 Å². The van der Waals surface area contributed by atoms with Crippen LogP contribution in [-0.2, 0) is 0 Å². The summed E-state index contributed by atoms with van der Waals surface area (Å²) >= 11 is 0. The first-order chi connectivity index (χ1) is 10.3. The van der Waals surface area contributed by atoms with Gasteiger partial charge in [0, 0.05) is 12.1 Å². The quantitative estimate of drug-likeness (QED) is 0.785. The van der Waals surface area contributed by atoms with Crippen LogP contribution in [0.1, 0.15) is 12.5 Å². The molecule has 0 radical (unpaired) electrons. The lowest BCUT2D eigenvalue weighted by molar-refractivity contribution is 0.324. The lowest BCUT2D eigenvalue weighted by Gasteiger charge is -2.14. The first-order valence-electron chi connectivity index (χ1n) is 7.15. The fourth-order valence-corrected chi connectivity index (χ4v) is 1.94. The highest BCUT2D eigenvalue weighted by Crippen LogP contribution is 2.30. The standard InChI is InChI=1S/C18H21NO2/c1-3-20-17-11-7-8-12-18(17)21-16(13-14-19-2)15-9-5-4-6-10-15/h4-13,19H,3,14H2,1-2H3. The minimum absolute atomic E-state index is 0.612. The van der Waals surface area contributed by atoms with E-state index < -0.39 is 0 Å². The van der Waals surface area contributed by atoms with Gasteiger partial charge in [-0.1, -0.05) is 42.5 Å². The van der Waals surface area contributed by atoms with E-state index in [4.69, 9.17) is 9.47 Å². The van der Waals surface area contributed by atoms with Gasteiger partial charge in [-0.2, -0.15) is 0 Å². The molecular formula is C18H21NO2. The molecule has 110 valence electrons. The van der Waals surface area contributed by atoms with Crippen LogP contribution >= 0.6 is 0 Å². The molecule has 0 amide bonds. The van der Waals surface area contributed by atoms with E-state index in [0.29, 0.717) is 6.61 Å². The normalized spacial score (nSPS) is 11.2. The second-order valence-corrected chi connectivity index (χ2v) is 4.47. The van der Waals surface area contributed by atoms with Crippen molar-refractivity contribution in [1.82, 2.24) is 5.32 Å². The molecule has 21 heavy (non-hydrogen) atoms. The topological polar surface area (TPSA) is 30.5 Å². The van der Waals surface area contributed by atoms with Gasteiger partial charge < -0.3 is 14.8 Å². The summed E-state index contributed by atoms with van der Waals surface area (Å²) in [6.07, 6.45) is 2.03. The van der Waals surface area contributed by atoms with E-state index >= 15 is 0 Å². The predicted molar refractivity (Wildman–Crippen MR) is 86.6 cm³/mol. The predicted octanol–water partition coefficient (Wildman–Crippen LogP) is 3.72. The Bertz CT molecular complexity index is 579. The second-order valence-electron chi connectivity index (χ2n) is 4.47. The third-order valence-corrected chi connectivity index (χ3v) is 2.92. The van der Waals surface area contributed by atoms with Gasteiger partial charge in [0.15, 0.2) is 11.5 Å². The summed E-state index contributed by atoms with van der Waals surface area (Å²) in [4.78, 5) is 0. The molecule has 2 rings (SSSR count). The summed E-state index contributed by atoms with van der Waals surface area (Å²) in [6.45, 7) is 3.31. The fraction of sp³-hybridized carbons (Fsp3) is 0.222. The number of para-hydroxylation sites is 2. The number of likely N-dealkylation sites (N-methyl/N-ethyl adjacent to an activating group) is 1. The van der Waals surface area contributed by atoms with Crippen molar-refractivity contribution in [2.45, 2.75) is 6.92 Å². The van der Waals surface area contributed by atoms with Crippen molar-refractivity contribution in [3.63, 3.8) is 0 Å². The average molecular weight is 283 g/mol. The molecule has 0 aliphatic heterocycles. The summed E-state index contributed by atoms with van der Waals surface area (Å²) in [5, 5.41) is 3.11. The van der Waals surface area contributed by atoms with Crippen molar-refractivity contribution >= 4 is 5.76 Å². The molecular weight excluding hydrogens is 262 g/mol. The van der Waals surface area contributed by atoms with E-state index in [2.05, 4.69) is 5.32 Å². The molecule has 2 aromatic carbocycles. The molecule has 0 spiro atoms. The van der Waals surface area contributed by atoms with Crippen molar-refractivity contribution in [3.8, 4) is 11.5 Å². The van der Waals surface area contributed by atoms with Crippen LogP contribution in [-0.4, -0.2) is 20.2 Å². The highest BCUT2D eigenvalue weighted by molar-refractivity contribution is 5.63. The van der Waals surface area contributed by atoms with Crippen LogP contribution in [0.4, 0.5) is 0 Å². The summed E-state index contributed by atoms with van der Waals surface area (Å²) in [5.41, 5.74) is 1.04. The fourth-order valence-electron chi connectivity index (χ4n) is 1.94. The van der Waals surface area contributed by atoms with Gasteiger partial charge in [-0.05, 0) is 32.2 Å². The minimum atomic E-state index is 0.612. The maximum Gasteiger partial charge on any atom is 0.169 e. The lowest BCUT2D eigenvalue weighted by atomic mass is 10.2. The molecule has 0 atom stereocenters. The Morgan fingerprint density at radius 3 is 2.33 bits per heavy atom. The average Bonchev–Trinajstić information content (AvgIpc) is 2.54. The zero-order valence-electron chi connectivity index (χ0n) is 12.5. The Morgan fingerprint density at radius 2 is 1.67 bits per heavy atom. The zero-order valence-corrected chi connectivity index (χ0v) is 12.5. The van der Waals surface area contributed by atoms with Crippen LogP contribution in [0.15, 0.2) is 60.7 Å². The molecule has 0 heterocycles. The molecule has 3 nitrogen and oxygen atoms in total. The van der Waals surface area contributed by atoms with Crippen molar-refractivity contribution in [2.24, 2.45) is 0 Å². The van der Waals surface area contributed by atoms with Gasteiger partial charge in [0.2, 0.25) is 0 Å². The third kappa shape index (κ3) is 4.36. The van der Waals surface area contributed by atoms with Crippen LogP contribution in [0.5, 0.6) is 11.5 Å². The highest BCUT2D eigenvalue weighted by atomic mass is 16.5. The molecule has 0 bridgehead atoms. The first kappa shape index (κ1) is 15.1. The molecule has 0 fully saturated rings. The number of rotatable bonds is 7. The van der Waals surface area contributed by atoms with E-state index in [-0.39, 0.29) is 0 Å². The van der Waals surface area contributed by atoms with Gasteiger partial charge in [-0.3, -0.25) is 0 Å². The number of benzene rings is 2. The highest BCUT2D eigenvalue weighted by Gasteiger charge is 2.08. The van der Waals surface area contributed by atoms with Crippen LogP contribution in [0, 0.1) is 0 Å². The van der Waals surface area contributed by atoms with E-state index in [1.54, 1.807) is 0 Å². The zero-order chi connectivity index (χ0) is 14.9. The van der Waals surface area contributed by atoms with Crippen LogP contribution < -0.4 is 14.8 Å². The molecule has 0 aromatic heterocycles. The summed E-state index contributed by atoms with van der Waals surface area (Å²) in [6, 6.07) is 17.8. The largest absolute Gasteiger partial charge is 0.490 e.